The van der Waals surface area contributed by atoms with E-state index in [9.17, 15) is 8.42 Å². The van der Waals surface area contributed by atoms with Crippen LogP contribution in [0.5, 0.6) is 0 Å². The number of aromatic nitrogens is 3. The predicted molar refractivity (Wildman–Crippen MR) is 66.3 cm³/mol. The van der Waals surface area contributed by atoms with Gasteiger partial charge in [-0.15, -0.1) is 5.10 Å². The molecule has 0 amide bonds. The van der Waals surface area contributed by atoms with Crippen molar-refractivity contribution in [2.24, 2.45) is 0 Å². The number of aryl methyl sites for hydroxylation is 1. The Kier molecular flexibility index (Phi) is 5.07. The van der Waals surface area contributed by atoms with E-state index in [0.29, 0.717) is 19.1 Å². The monoisotopic (exact) mass is 260 g/mol. The molecule has 0 aliphatic rings. The number of nitrogens with zero attached hydrogens (tertiary/aromatic N) is 3. The summed E-state index contributed by atoms with van der Waals surface area (Å²) >= 11 is 0. The molecule has 0 aromatic carbocycles. The van der Waals surface area contributed by atoms with Crippen LogP contribution in [0.1, 0.15) is 26.5 Å². The number of nitrogens with one attached hydrogen (secondary N) is 1. The Bertz CT molecular complexity index is 439. The van der Waals surface area contributed by atoms with Crippen LogP contribution in [0.4, 0.5) is 0 Å². The molecule has 0 aliphatic carbocycles. The fourth-order valence-electron chi connectivity index (χ4n) is 1.21. The van der Waals surface area contributed by atoms with Gasteiger partial charge in [0.1, 0.15) is 0 Å². The zero-order chi connectivity index (χ0) is 12.9. The molecule has 0 bridgehead atoms. The van der Waals surface area contributed by atoms with E-state index >= 15 is 0 Å². The van der Waals surface area contributed by atoms with Gasteiger partial charge in [0.15, 0.2) is 9.84 Å². The highest BCUT2D eigenvalue weighted by Gasteiger charge is 2.08. The summed E-state index contributed by atoms with van der Waals surface area (Å²) in [4.78, 5) is 0. The van der Waals surface area contributed by atoms with Crippen molar-refractivity contribution in [3.8, 4) is 0 Å². The van der Waals surface area contributed by atoms with Crippen molar-refractivity contribution in [1.29, 1.82) is 0 Å². The van der Waals surface area contributed by atoms with E-state index in [4.69, 9.17) is 0 Å². The first-order valence-corrected chi connectivity index (χ1v) is 7.58. The molecule has 7 heteroatoms. The Balaban J connectivity index is 2.46. The van der Waals surface area contributed by atoms with Crippen molar-refractivity contribution < 1.29 is 8.42 Å². The van der Waals surface area contributed by atoms with Gasteiger partial charge in [-0.25, -0.2) is 8.42 Å². The molecule has 0 fully saturated rings. The molecule has 1 aromatic heterocycles. The average Bonchev–Trinajstić information content (AvgIpc) is 2.72. The van der Waals surface area contributed by atoms with Gasteiger partial charge in [0.25, 0.3) is 0 Å². The molecule has 0 saturated heterocycles. The molecule has 0 atom stereocenters. The van der Waals surface area contributed by atoms with Gasteiger partial charge >= 0.3 is 0 Å². The van der Waals surface area contributed by atoms with Gasteiger partial charge in [0.05, 0.1) is 18.0 Å². The van der Waals surface area contributed by atoms with Crippen LogP contribution in [-0.4, -0.2) is 41.0 Å². The summed E-state index contributed by atoms with van der Waals surface area (Å²) in [5, 5.41) is 11.1. The summed E-state index contributed by atoms with van der Waals surface area (Å²) in [6.45, 7) is 6.77. The maximum absolute atomic E-state index is 11.3. The average molecular weight is 260 g/mol. The first-order chi connectivity index (χ1) is 7.93. The van der Waals surface area contributed by atoms with Crippen LogP contribution in [0.25, 0.3) is 0 Å². The molecule has 0 radical (unpaired) electrons. The second kappa shape index (κ2) is 6.11. The van der Waals surface area contributed by atoms with Crippen molar-refractivity contribution in [2.75, 3.05) is 11.5 Å². The lowest BCUT2D eigenvalue weighted by atomic mass is 10.3. The van der Waals surface area contributed by atoms with E-state index in [1.165, 1.54) is 0 Å². The van der Waals surface area contributed by atoms with E-state index in [2.05, 4.69) is 29.5 Å². The van der Waals surface area contributed by atoms with Crippen LogP contribution in [0, 0.1) is 0 Å². The highest BCUT2D eigenvalue weighted by molar-refractivity contribution is 7.91. The third-order valence-corrected chi connectivity index (χ3v) is 4.03. The lowest BCUT2D eigenvalue weighted by molar-refractivity contribution is 0.575. The normalized spacial score (nSPS) is 12.2. The summed E-state index contributed by atoms with van der Waals surface area (Å²) in [6.07, 6.45) is 1.78. The van der Waals surface area contributed by atoms with Crippen molar-refractivity contribution in [1.82, 2.24) is 20.3 Å². The zero-order valence-corrected chi connectivity index (χ0v) is 11.4. The van der Waals surface area contributed by atoms with Crippen LogP contribution >= 0.6 is 0 Å². The van der Waals surface area contributed by atoms with E-state index in [1.807, 2.05) is 0 Å². The predicted octanol–water partition coefficient (Wildman–Crippen LogP) is 0.211. The van der Waals surface area contributed by atoms with E-state index in [1.54, 1.807) is 17.8 Å². The Labute approximate surface area is 102 Å². The summed E-state index contributed by atoms with van der Waals surface area (Å²) in [5.41, 5.74) is 0.826. The summed E-state index contributed by atoms with van der Waals surface area (Å²) in [7, 11) is -2.94. The standard InChI is InChI=1S/C10H20N4O2S/c1-4-17(15,16)6-5-14-8-10(12-13-14)7-11-9(2)3/h8-9,11H,4-7H2,1-3H3. The summed E-state index contributed by atoms with van der Waals surface area (Å²) in [6, 6.07) is 0.389. The minimum absolute atomic E-state index is 0.115. The highest BCUT2D eigenvalue weighted by Crippen LogP contribution is 1.96. The van der Waals surface area contributed by atoms with Crippen molar-refractivity contribution in [3.63, 3.8) is 0 Å². The summed E-state index contributed by atoms with van der Waals surface area (Å²) < 4.78 is 24.2. The first-order valence-electron chi connectivity index (χ1n) is 5.75. The molecule has 17 heavy (non-hydrogen) atoms. The van der Waals surface area contributed by atoms with Gasteiger partial charge in [-0.3, -0.25) is 4.68 Å². The Morgan fingerprint density at radius 1 is 1.47 bits per heavy atom. The second-order valence-corrected chi connectivity index (χ2v) is 6.72. The molecule has 1 aromatic rings. The van der Waals surface area contributed by atoms with Crippen LogP contribution < -0.4 is 5.32 Å². The van der Waals surface area contributed by atoms with E-state index < -0.39 is 9.84 Å². The third-order valence-electron chi connectivity index (χ3n) is 2.35. The fourth-order valence-corrected chi connectivity index (χ4v) is 1.97. The smallest absolute Gasteiger partial charge is 0.151 e. The third kappa shape index (κ3) is 5.27. The first kappa shape index (κ1) is 14.1. The lowest BCUT2D eigenvalue weighted by Gasteiger charge is -2.04. The van der Waals surface area contributed by atoms with Gasteiger partial charge in [-0.2, -0.15) is 0 Å². The SMILES string of the molecule is CCS(=O)(=O)CCn1cc(CNC(C)C)nn1. The maximum atomic E-state index is 11.3. The molecule has 0 unspecified atom stereocenters. The molecular formula is C10H20N4O2S. The fraction of sp³-hybridized carbons (Fsp3) is 0.800. The van der Waals surface area contributed by atoms with Gasteiger partial charge in [0, 0.05) is 24.5 Å². The Morgan fingerprint density at radius 2 is 2.18 bits per heavy atom. The quantitative estimate of drug-likeness (QED) is 0.758. The highest BCUT2D eigenvalue weighted by atomic mass is 32.2. The molecule has 1 rings (SSSR count). The number of hydrogen-bond acceptors (Lipinski definition) is 5. The van der Waals surface area contributed by atoms with Crippen LogP contribution in [0.15, 0.2) is 6.20 Å². The number of rotatable bonds is 7. The van der Waals surface area contributed by atoms with E-state index in [0.717, 1.165) is 5.69 Å². The topological polar surface area (TPSA) is 76.9 Å². The number of sulfone groups is 1. The molecule has 1 heterocycles. The van der Waals surface area contributed by atoms with Crippen molar-refractivity contribution in [2.45, 2.75) is 39.9 Å². The maximum Gasteiger partial charge on any atom is 0.151 e. The van der Waals surface area contributed by atoms with Crippen LogP contribution in [-0.2, 0) is 22.9 Å². The molecule has 0 spiro atoms. The van der Waals surface area contributed by atoms with Crippen molar-refractivity contribution in [3.05, 3.63) is 11.9 Å². The minimum atomic E-state index is -2.94. The van der Waals surface area contributed by atoms with Crippen LogP contribution in [0.3, 0.4) is 0 Å². The molecule has 6 nitrogen and oxygen atoms in total. The second-order valence-electron chi connectivity index (χ2n) is 4.24. The summed E-state index contributed by atoms with van der Waals surface area (Å²) in [5.74, 6) is 0.285. The van der Waals surface area contributed by atoms with E-state index in [-0.39, 0.29) is 11.5 Å². The lowest BCUT2D eigenvalue weighted by Crippen LogP contribution is -2.22. The van der Waals surface area contributed by atoms with Gasteiger partial charge in [-0.05, 0) is 0 Å². The molecule has 0 saturated carbocycles. The van der Waals surface area contributed by atoms with Crippen LogP contribution in [0.2, 0.25) is 0 Å². The molecular weight excluding hydrogens is 240 g/mol. The minimum Gasteiger partial charge on any atom is -0.309 e. The Hall–Kier alpha value is -0.950. The molecule has 1 N–H and O–H groups in total. The zero-order valence-electron chi connectivity index (χ0n) is 10.5. The largest absolute Gasteiger partial charge is 0.309 e. The van der Waals surface area contributed by atoms with Gasteiger partial charge < -0.3 is 5.32 Å². The van der Waals surface area contributed by atoms with Gasteiger partial charge in [0.2, 0.25) is 0 Å². The molecule has 98 valence electrons. The number of hydrogen-bond donors (Lipinski definition) is 1. The molecule has 0 aliphatic heterocycles. The Morgan fingerprint density at radius 3 is 2.76 bits per heavy atom. The van der Waals surface area contributed by atoms with Gasteiger partial charge in [-0.1, -0.05) is 26.0 Å². The van der Waals surface area contributed by atoms with Crippen molar-refractivity contribution >= 4 is 9.84 Å².